The van der Waals surface area contributed by atoms with E-state index in [4.69, 9.17) is 4.74 Å². The maximum Gasteiger partial charge on any atom is 0.0873 e. The summed E-state index contributed by atoms with van der Waals surface area (Å²) >= 11 is 0. The first-order chi connectivity index (χ1) is 4.91. The van der Waals surface area contributed by atoms with E-state index in [1.54, 1.807) is 0 Å². The van der Waals surface area contributed by atoms with Gasteiger partial charge in [-0.1, -0.05) is 13.5 Å². The van der Waals surface area contributed by atoms with Crippen molar-refractivity contribution < 1.29 is 4.74 Å². The molecule has 0 aliphatic heterocycles. The van der Waals surface area contributed by atoms with Gasteiger partial charge in [-0.05, 0) is 25.9 Å². The molecule has 0 aromatic carbocycles. The molecule has 2 nitrogen and oxygen atoms in total. The number of unbranched alkanes of at least 4 members (excludes halogenated alkanes) is 1. The average Bonchev–Trinajstić information content (AvgIpc) is 1.97. The molecule has 0 atom stereocenters. The van der Waals surface area contributed by atoms with Crippen molar-refractivity contribution in [2.45, 2.75) is 19.8 Å². The van der Waals surface area contributed by atoms with Crippen LogP contribution >= 0.6 is 0 Å². The molecular weight excluding hydrogens is 126 g/mol. The Kier molecular flexibility index (Phi) is 8.07. The molecule has 2 heteroatoms. The Labute approximate surface area is 63.3 Å². The summed E-state index contributed by atoms with van der Waals surface area (Å²) in [4.78, 5) is 0. The average molecular weight is 143 g/mol. The van der Waals surface area contributed by atoms with Crippen molar-refractivity contribution in [3.8, 4) is 0 Å². The summed E-state index contributed by atoms with van der Waals surface area (Å²) in [6.45, 7) is 8.52. The Morgan fingerprint density at radius 3 is 2.90 bits per heavy atom. The third-order valence-corrected chi connectivity index (χ3v) is 1.23. The number of ether oxygens (including phenoxy) is 1. The third-order valence-electron chi connectivity index (χ3n) is 1.23. The zero-order valence-corrected chi connectivity index (χ0v) is 6.73. The number of nitrogens with one attached hydrogen (secondary N) is 1. The molecule has 0 amide bonds. The molecule has 0 aromatic rings. The highest BCUT2D eigenvalue weighted by atomic mass is 16.5. The van der Waals surface area contributed by atoms with Gasteiger partial charge in [0.05, 0.1) is 12.9 Å². The molecule has 0 saturated heterocycles. The summed E-state index contributed by atoms with van der Waals surface area (Å²) in [7, 11) is 0. The molecule has 0 saturated carbocycles. The number of hydrogen-bond donors (Lipinski definition) is 1. The molecule has 0 unspecified atom stereocenters. The van der Waals surface area contributed by atoms with Gasteiger partial charge in [0.1, 0.15) is 0 Å². The van der Waals surface area contributed by atoms with Crippen molar-refractivity contribution in [2.24, 2.45) is 0 Å². The van der Waals surface area contributed by atoms with Crippen molar-refractivity contribution in [2.75, 3.05) is 19.7 Å². The summed E-state index contributed by atoms with van der Waals surface area (Å²) < 4.78 is 4.95. The first-order valence-corrected chi connectivity index (χ1v) is 3.85. The van der Waals surface area contributed by atoms with Crippen LogP contribution in [0.1, 0.15) is 19.8 Å². The smallest absolute Gasteiger partial charge is 0.0873 e. The van der Waals surface area contributed by atoms with Gasteiger partial charge in [0.25, 0.3) is 0 Å². The Hall–Kier alpha value is -0.500. The van der Waals surface area contributed by atoms with Crippen molar-refractivity contribution in [1.29, 1.82) is 0 Å². The predicted octanol–water partition coefficient (Wildman–Crippen LogP) is 1.54. The molecule has 0 heterocycles. The Morgan fingerprint density at radius 1 is 1.50 bits per heavy atom. The topological polar surface area (TPSA) is 21.3 Å². The number of rotatable bonds is 7. The van der Waals surface area contributed by atoms with Crippen LogP contribution in [-0.2, 0) is 4.74 Å². The predicted molar refractivity (Wildman–Crippen MR) is 43.9 cm³/mol. The molecule has 0 aliphatic rings. The van der Waals surface area contributed by atoms with Crippen LogP contribution in [0, 0.1) is 0 Å². The molecule has 0 rings (SSSR count). The molecule has 0 aromatic heterocycles. The van der Waals surface area contributed by atoms with E-state index >= 15 is 0 Å². The van der Waals surface area contributed by atoms with E-state index in [0.29, 0.717) is 0 Å². The highest BCUT2D eigenvalue weighted by Crippen LogP contribution is 1.87. The summed E-state index contributed by atoms with van der Waals surface area (Å²) in [6, 6.07) is 0. The van der Waals surface area contributed by atoms with Gasteiger partial charge in [0.15, 0.2) is 0 Å². The van der Waals surface area contributed by atoms with Crippen LogP contribution in [0.2, 0.25) is 0 Å². The maximum atomic E-state index is 4.95. The lowest BCUT2D eigenvalue weighted by molar-refractivity contribution is 0.243. The van der Waals surface area contributed by atoms with Gasteiger partial charge in [0, 0.05) is 0 Å². The molecule has 0 fully saturated rings. The molecular formula is C8H17NO. The zero-order chi connectivity index (χ0) is 7.66. The van der Waals surface area contributed by atoms with E-state index in [0.717, 1.165) is 26.1 Å². The van der Waals surface area contributed by atoms with Crippen LogP contribution in [0.15, 0.2) is 12.8 Å². The van der Waals surface area contributed by atoms with E-state index in [1.165, 1.54) is 12.7 Å². The summed E-state index contributed by atoms with van der Waals surface area (Å²) in [5, 5.41) is 3.24. The van der Waals surface area contributed by atoms with Gasteiger partial charge in [-0.15, -0.1) is 0 Å². The lowest BCUT2D eigenvalue weighted by atomic mass is 10.3. The molecule has 0 spiro atoms. The minimum Gasteiger partial charge on any atom is -0.502 e. The highest BCUT2D eigenvalue weighted by Gasteiger charge is 1.85. The van der Waals surface area contributed by atoms with Gasteiger partial charge in [0.2, 0.25) is 0 Å². The second-order valence-corrected chi connectivity index (χ2v) is 2.10. The van der Waals surface area contributed by atoms with Crippen molar-refractivity contribution in [1.82, 2.24) is 5.32 Å². The van der Waals surface area contributed by atoms with Gasteiger partial charge in [-0.25, -0.2) is 0 Å². The fourth-order valence-electron chi connectivity index (χ4n) is 0.696. The second-order valence-electron chi connectivity index (χ2n) is 2.10. The lowest BCUT2D eigenvalue weighted by Crippen LogP contribution is -2.14. The minimum atomic E-state index is 0.800. The number of hydrogen-bond acceptors (Lipinski definition) is 2. The SMILES string of the molecule is C=COCCCCNCC. The van der Waals surface area contributed by atoms with Gasteiger partial charge in [-0.3, -0.25) is 0 Å². The summed E-state index contributed by atoms with van der Waals surface area (Å²) in [5.74, 6) is 0. The molecule has 10 heavy (non-hydrogen) atoms. The van der Waals surface area contributed by atoms with Crippen LogP contribution in [0.3, 0.4) is 0 Å². The van der Waals surface area contributed by atoms with E-state index in [9.17, 15) is 0 Å². The summed E-state index contributed by atoms with van der Waals surface area (Å²) in [5.41, 5.74) is 0. The second kappa shape index (κ2) is 8.50. The van der Waals surface area contributed by atoms with Crippen LogP contribution < -0.4 is 5.32 Å². The quantitative estimate of drug-likeness (QED) is 0.431. The van der Waals surface area contributed by atoms with Crippen molar-refractivity contribution >= 4 is 0 Å². The Balaban J connectivity index is 2.70. The van der Waals surface area contributed by atoms with Gasteiger partial charge < -0.3 is 10.1 Å². The van der Waals surface area contributed by atoms with Crippen LogP contribution in [0.4, 0.5) is 0 Å². The van der Waals surface area contributed by atoms with E-state index < -0.39 is 0 Å². The first-order valence-electron chi connectivity index (χ1n) is 3.85. The van der Waals surface area contributed by atoms with Crippen molar-refractivity contribution in [3.05, 3.63) is 12.8 Å². The zero-order valence-electron chi connectivity index (χ0n) is 6.73. The molecule has 0 radical (unpaired) electrons. The standard InChI is InChI=1S/C8H17NO/c1-3-9-7-5-6-8-10-4-2/h4,9H,2-3,5-8H2,1H3. The Morgan fingerprint density at radius 2 is 2.30 bits per heavy atom. The summed E-state index contributed by atoms with van der Waals surface area (Å²) in [6.07, 6.45) is 3.79. The lowest BCUT2D eigenvalue weighted by Gasteiger charge is -2.00. The Bertz CT molecular complexity index is 73.7. The minimum absolute atomic E-state index is 0.800. The van der Waals surface area contributed by atoms with Crippen LogP contribution in [0.25, 0.3) is 0 Å². The van der Waals surface area contributed by atoms with Gasteiger partial charge in [-0.2, -0.15) is 0 Å². The van der Waals surface area contributed by atoms with Gasteiger partial charge >= 0.3 is 0 Å². The van der Waals surface area contributed by atoms with E-state index in [1.807, 2.05) is 0 Å². The highest BCUT2D eigenvalue weighted by molar-refractivity contribution is 4.50. The normalized spacial score (nSPS) is 9.30. The molecule has 60 valence electrons. The molecule has 0 bridgehead atoms. The van der Waals surface area contributed by atoms with E-state index in [-0.39, 0.29) is 0 Å². The fraction of sp³-hybridized carbons (Fsp3) is 0.750. The van der Waals surface area contributed by atoms with E-state index in [2.05, 4.69) is 18.8 Å². The monoisotopic (exact) mass is 143 g/mol. The molecule has 1 N–H and O–H groups in total. The van der Waals surface area contributed by atoms with Crippen LogP contribution in [0.5, 0.6) is 0 Å². The molecule has 0 aliphatic carbocycles. The van der Waals surface area contributed by atoms with Crippen molar-refractivity contribution in [3.63, 3.8) is 0 Å². The largest absolute Gasteiger partial charge is 0.502 e. The van der Waals surface area contributed by atoms with Crippen LogP contribution in [-0.4, -0.2) is 19.7 Å². The fourth-order valence-corrected chi connectivity index (χ4v) is 0.696. The maximum absolute atomic E-state index is 4.95. The third kappa shape index (κ3) is 7.50. The first kappa shape index (κ1) is 9.50.